The van der Waals surface area contributed by atoms with Gasteiger partial charge in [0.1, 0.15) is 5.69 Å². The molecule has 0 spiro atoms. The molecule has 1 aliphatic heterocycles. The molecule has 3 heterocycles. The molecule has 0 saturated carbocycles. The number of piperidine rings is 1. The fourth-order valence-electron chi connectivity index (χ4n) is 3.92. The Balaban J connectivity index is 1.35. The van der Waals surface area contributed by atoms with Gasteiger partial charge in [-0.3, -0.25) is 9.59 Å². The summed E-state index contributed by atoms with van der Waals surface area (Å²) in [6.07, 6.45) is 1.41. The van der Waals surface area contributed by atoms with Gasteiger partial charge in [0.15, 0.2) is 0 Å². The molecule has 4 rings (SSSR count). The largest absolute Gasteiger partial charge is 0.349 e. The van der Waals surface area contributed by atoms with E-state index in [0.29, 0.717) is 25.9 Å². The fraction of sp³-hybridized carbons (Fsp3) is 0.364. The zero-order chi connectivity index (χ0) is 19.7. The van der Waals surface area contributed by atoms with Crippen molar-refractivity contribution in [1.82, 2.24) is 14.8 Å². The minimum absolute atomic E-state index is 0.00956. The molecule has 2 aromatic heterocycles. The summed E-state index contributed by atoms with van der Waals surface area (Å²) in [5.74, 6) is 0.109. The highest BCUT2D eigenvalue weighted by Gasteiger charge is 2.29. The molecule has 0 bridgehead atoms. The summed E-state index contributed by atoms with van der Waals surface area (Å²) in [5.41, 5.74) is 2.92. The normalized spacial score (nSPS) is 16.3. The van der Waals surface area contributed by atoms with Gasteiger partial charge in [-0.05, 0) is 42.8 Å². The standard InChI is InChI=1S/C22H25N3O2S/c1-15(16-6-4-3-5-7-16)23-21(26)17-8-11-25(12-9-17)22(27)19-14-20-18(24(19)2)10-13-28-20/h3-7,10,13-15,17H,8-9,11-12H2,1-2H3,(H,23,26)/t15-/m0/s1. The van der Waals surface area contributed by atoms with Gasteiger partial charge in [0.25, 0.3) is 5.91 Å². The van der Waals surface area contributed by atoms with Gasteiger partial charge in [0.2, 0.25) is 5.91 Å². The van der Waals surface area contributed by atoms with E-state index in [1.807, 2.05) is 71.3 Å². The Morgan fingerprint density at radius 2 is 1.86 bits per heavy atom. The van der Waals surface area contributed by atoms with Gasteiger partial charge >= 0.3 is 0 Å². The van der Waals surface area contributed by atoms with Crippen molar-refractivity contribution in [3.05, 3.63) is 59.1 Å². The van der Waals surface area contributed by atoms with Gasteiger partial charge in [-0.15, -0.1) is 11.3 Å². The number of nitrogens with zero attached hydrogens (tertiary/aromatic N) is 2. The van der Waals surface area contributed by atoms with Crippen LogP contribution in [-0.4, -0.2) is 34.4 Å². The van der Waals surface area contributed by atoms with Crippen molar-refractivity contribution in [2.75, 3.05) is 13.1 Å². The quantitative estimate of drug-likeness (QED) is 0.727. The molecule has 1 fully saturated rings. The highest BCUT2D eigenvalue weighted by molar-refractivity contribution is 7.17. The van der Waals surface area contributed by atoms with Crippen LogP contribution in [0.1, 0.15) is 41.9 Å². The van der Waals surface area contributed by atoms with E-state index in [1.54, 1.807) is 11.3 Å². The predicted octanol–water partition coefficient (Wildman–Crippen LogP) is 3.97. The second-order valence-electron chi connectivity index (χ2n) is 7.47. The number of rotatable bonds is 4. The summed E-state index contributed by atoms with van der Waals surface area (Å²) < 4.78 is 3.10. The summed E-state index contributed by atoms with van der Waals surface area (Å²) >= 11 is 1.65. The van der Waals surface area contributed by atoms with E-state index in [9.17, 15) is 9.59 Å². The van der Waals surface area contributed by atoms with E-state index in [1.165, 1.54) is 0 Å². The van der Waals surface area contributed by atoms with Crippen LogP contribution in [0.25, 0.3) is 10.2 Å². The number of hydrogen-bond donors (Lipinski definition) is 1. The van der Waals surface area contributed by atoms with E-state index in [4.69, 9.17) is 0 Å². The number of hydrogen-bond acceptors (Lipinski definition) is 3. The number of aromatic nitrogens is 1. The Hall–Kier alpha value is -2.60. The van der Waals surface area contributed by atoms with Crippen LogP contribution in [0.2, 0.25) is 0 Å². The fourth-order valence-corrected chi connectivity index (χ4v) is 4.77. The lowest BCUT2D eigenvalue weighted by Crippen LogP contribution is -2.43. The highest BCUT2D eigenvalue weighted by atomic mass is 32.1. The molecule has 1 aromatic carbocycles. The van der Waals surface area contributed by atoms with E-state index >= 15 is 0 Å². The molecule has 0 radical (unpaired) electrons. The topological polar surface area (TPSA) is 54.3 Å². The van der Waals surface area contributed by atoms with Crippen LogP contribution in [0, 0.1) is 5.92 Å². The maximum atomic E-state index is 12.9. The molecule has 146 valence electrons. The smallest absolute Gasteiger partial charge is 0.270 e. The number of thiophene rings is 1. The number of nitrogens with one attached hydrogen (secondary N) is 1. The molecule has 2 amide bonds. The minimum atomic E-state index is -0.0351. The summed E-state index contributed by atoms with van der Waals surface area (Å²) in [6.45, 7) is 3.25. The molecule has 1 atom stereocenters. The molecule has 0 unspecified atom stereocenters. The summed E-state index contributed by atoms with van der Waals surface area (Å²) in [6, 6.07) is 14.0. The molecule has 1 N–H and O–H groups in total. The summed E-state index contributed by atoms with van der Waals surface area (Å²) in [4.78, 5) is 27.5. The van der Waals surface area contributed by atoms with E-state index in [-0.39, 0.29) is 23.8 Å². The first kappa shape index (κ1) is 18.7. The third kappa shape index (κ3) is 3.56. The van der Waals surface area contributed by atoms with Crippen LogP contribution in [0.3, 0.4) is 0 Å². The molecule has 5 nitrogen and oxygen atoms in total. The van der Waals surface area contributed by atoms with Crippen molar-refractivity contribution >= 4 is 33.4 Å². The molecule has 0 aliphatic carbocycles. The van der Waals surface area contributed by atoms with Crippen molar-refractivity contribution in [2.24, 2.45) is 13.0 Å². The Bertz CT molecular complexity index is 984. The second-order valence-corrected chi connectivity index (χ2v) is 8.41. The zero-order valence-corrected chi connectivity index (χ0v) is 17.0. The molecule has 6 heteroatoms. The monoisotopic (exact) mass is 395 g/mol. The number of likely N-dealkylation sites (tertiary alicyclic amines) is 1. The minimum Gasteiger partial charge on any atom is -0.349 e. The van der Waals surface area contributed by atoms with Crippen molar-refractivity contribution < 1.29 is 9.59 Å². The first-order valence-corrected chi connectivity index (χ1v) is 10.6. The van der Waals surface area contributed by atoms with Gasteiger partial charge < -0.3 is 14.8 Å². The Morgan fingerprint density at radius 1 is 1.14 bits per heavy atom. The lowest BCUT2D eigenvalue weighted by atomic mass is 9.95. The lowest BCUT2D eigenvalue weighted by Gasteiger charge is -2.32. The van der Waals surface area contributed by atoms with Gasteiger partial charge in [-0.25, -0.2) is 0 Å². The van der Waals surface area contributed by atoms with E-state index in [0.717, 1.165) is 21.5 Å². The molecular formula is C22H25N3O2S. The number of benzene rings is 1. The number of fused-ring (bicyclic) bond motifs is 1. The molecule has 1 aliphatic rings. The maximum Gasteiger partial charge on any atom is 0.270 e. The van der Waals surface area contributed by atoms with E-state index < -0.39 is 0 Å². The van der Waals surface area contributed by atoms with Crippen LogP contribution in [0.5, 0.6) is 0 Å². The van der Waals surface area contributed by atoms with Crippen molar-refractivity contribution in [3.63, 3.8) is 0 Å². The third-order valence-corrected chi connectivity index (χ3v) is 6.55. The first-order chi connectivity index (χ1) is 13.5. The molecule has 1 saturated heterocycles. The van der Waals surface area contributed by atoms with Crippen molar-refractivity contribution in [2.45, 2.75) is 25.8 Å². The Labute approximate surface area is 169 Å². The van der Waals surface area contributed by atoms with Crippen LogP contribution >= 0.6 is 11.3 Å². The summed E-state index contributed by atoms with van der Waals surface area (Å²) in [5, 5.41) is 5.16. The molecule has 28 heavy (non-hydrogen) atoms. The second kappa shape index (κ2) is 7.80. The van der Waals surface area contributed by atoms with Gasteiger partial charge in [-0.2, -0.15) is 0 Å². The SMILES string of the molecule is C[C@H](NC(=O)C1CCN(C(=O)c2cc3sccc3n2C)CC1)c1ccccc1. The number of carbonyl (C=O) groups excluding carboxylic acids is 2. The van der Waals surface area contributed by atoms with Gasteiger partial charge in [-0.1, -0.05) is 30.3 Å². The number of amides is 2. The average Bonchev–Trinajstić information content (AvgIpc) is 3.31. The highest BCUT2D eigenvalue weighted by Crippen LogP contribution is 2.26. The van der Waals surface area contributed by atoms with Crippen LogP contribution < -0.4 is 5.32 Å². The Kier molecular flexibility index (Phi) is 5.22. The molecule has 3 aromatic rings. The number of aryl methyl sites for hydroxylation is 1. The van der Waals surface area contributed by atoms with Crippen molar-refractivity contribution in [3.8, 4) is 0 Å². The van der Waals surface area contributed by atoms with Crippen LogP contribution in [0.4, 0.5) is 0 Å². The molecular weight excluding hydrogens is 370 g/mol. The predicted molar refractivity (Wildman–Crippen MR) is 112 cm³/mol. The van der Waals surface area contributed by atoms with Crippen LogP contribution in [0.15, 0.2) is 47.8 Å². The lowest BCUT2D eigenvalue weighted by molar-refractivity contribution is -0.127. The van der Waals surface area contributed by atoms with E-state index in [2.05, 4.69) is 5.32 Å². The average molecular weight is 396 g/mol. The zero-order valence-electron chi connectivity index (χ0n) is 16.2. The Morgan fingerprint density at radius 3 is 2.54 bits per heavy atom. The van der Waals surface area contributed by atoms with Crippen molar-refractivity contribution in [1.29, 1.82) is 0 Å². The number of carbonyl (C=O) groups is 2. The van der Waals surface area contributed by atoms with Crippen LogP contribution in [-0.2, 0) is 11.8 Å². The van der Waals surface area contributed by atoms with Gasteiger partial charge in [0.05, 0.1) is 16.3 Å². The maximum absolute atomic E-state index is 12.9. The summed E-state index contributed by atoms with van der Waals surface area (Å²) in [7, 11) is 1.94. The third-order valence-electron chi connectivity index (χ3n) is 5.69. The van der Waals surface area contributed by atoms with Gasteiger partial charge in [0, 0.05) is 26.1 Å². The first-order valence-electron chi connectivity index (χ1n) is 9.72.